The lowest BCUT2D eigenvalue weighted by Gasteiger charge is -2.34. The van der Waals surface area contributed by atoms with Crippen LogP contribution in [0.15, 0.2) is 10.5 Å². The SMILES string of the molecule is Oc1c(Br)cc(F)c(F)c1[C@@H](CF)N1CCNCC1. The van der Waals surface area contributed by atoms with Gasteiger partial charge in [0.05, 0.1) is 16.1 Å². The Morgan fingerprint density at radius 1 is 1.37 bits per heavy atom. The van der Waals surface area contributed by atoms with Crippen LogP contribution in [0.4, 0.5) is 13.2 Å². The van der Waals surface area contributed by atoms with Crippen molar-refractivity contribution in [2.45, 2.75) is 6.04 Å². The molecule has 1 aliphatic heterocycles. The van der Waals surface area contributed by atoms with Gasteiger partial charge in [0.15, 0.2) is 11.6 Å². The molecule has 0 amide bonds. The first-order valence-corrected chi connectivity index (χ1v) is 6.72. The normalized spacial score (nSPS) is 18.5. The summed E-state index contributed by atoms with van der Waals surface area (Å²) in [6.45, 7) is 1.44. The van der Waals surface area contributed by atoms with Crippen molar-refractivity contribution < 1.29 is 18.3 Å². The van der Waals surface area contributed by atoms with Gasteiger partial charge in [-0.05, 0) is 22.0 Å². The zero-order valence-corrected chi connectivity index (χ0v) is 11.7. The second kappa shape index (κ2) is 6.11. The molecule has 2 rings (SSSR count). The maximum atomic E-state index is 13.9. The average Bonchev–Trinajstić information content (AvgIpc) is 2.42. The summed E-state index contributed by atoms with van der Waals surface area (Å²) < 4.78 is 40.6. The van der Waals surface area contributed by atoms with Gasteiger partial charge in [-0.3, -0.25) is 4.90 Å². The van der Waals surface area contributed by atoms with Crippen LogP contribution in [0.2, 0.25) is 0 Å². The average molecular weight is 339 g/mol. The van der Waals surface area contributed by atoms with E-state index < -0.39 is 30.1 Å². The third-order valence-electron chi connectivity index (χ3n) is 3.25. The van der Waals surface area contributed by atoms with E-state index in [1.165, 1.54) is 0 Å². The largest absolute Gasteiger partial charge is 0.506 e. The van der Waals surface area contributed by atoms with E-state index in [0.29, 0.717) is 26.2 Å². The Labute approximate surface area is 117 Å². The van der Waals surface area contributed by atoms with E-state index in [0.717, 1.165) is 6.07 Å². The quantitative estimate of drug-likeness (QED) is 0.830. The molecule has 0 saturated carbocycles. The number of nitrogens with one attached hydrogen (secondary N) is 1. The molecule has 1 aromatic carbocycles. The number of aromatic hydroxyl groups is 1. The molecular formula is C12H14BrF3N2O. The number of alkyl halides is 1. The number of hydrogen-bond donors (Lipinski definition) is 2. The van der Waals surface area contributed by atoms with Gasteiger partial charge >= 0.3 is 0 Å². The zero-order chi connectivity index (χ0) is 14.0. The molecule has 1 aliphatic rings. The molecule has 0 aromatic heterocycles. The van der Waals surface area contributed by atoms with Crippen molar-refractivity contribution in [3.8, 4) is 5.75 Å². The van der Waals surface area contributed by atoms with E-state index in [2.05, 4.69) is 21.2 Å². The van der Waals surface area contributed by atoms with Crippen molar-refractivity contribution >= 4 is 15.9 Å². The molecule has 2 N–H and O–H groups in total. The van der Waals surface area contributed by atoms with Gasteiger partial charge in [-0.15, -0.1) is 0 Å². The molecule has 1 heterocycles. The number of hydrogen-bond acceptors (Lipinski definition) is 3. The van der Waals surface area contributed by atoms with Crippen molar-refractivity contribution in [2.24, 2.45) is 0 Å². The highest BCUT2D eigenvalue weighted by Crippen LogP contribution is 2.38. The first-order chi connectivity index (χ1) is 9.06. The lowest BCUT2D eigenvalue weighted by molar-refractivity contribution is 0.141. The molecule has 1 aromatic rings. The minimum absolute atomic E-state index is 0.0231. The lowest BCUT2D eigenvalue weighted by atomic mass is 10.0. The third-order valence-corrected chi connectivity index (χ3v) is 3.86. The van der Waals surface area contributed by atoms with Gasteiger partial charge in [0.25, 0.3) is 0 Å². The Bertz CT molecular complexity index is 441. The predicted molar refractivity (Wildman–Crippen MR) is 68.9 cm³/mol. The fourth-order valence-electron chi connectivity index (χ4n) is 2.26. The topological polar surface area (TPSA) is 35.5 Å². The van der Waals surface area contributed by atoms with Crippen LogP contribution in [-0.4, -0.2) is 42.9 Å². The summed E-state index contributed by atoms with van der Waals surface area (Å²) in [6.07, 6.45) is 0. The monoisotopic (exact) mass is 338 g/mol. The Hall–Kier alpha value is -0.790. The number of nitrogens with zero attached hydrogens (tertiary/aromatic N) is 1. The smallest absolute Gasteiger partial charge is 0.167 e. The van der Waals surface area contributed by atoms with Crippen LogP contribution >= 0.6 is 15.9 Å². The summed E-state index contributed by atoms with van der Waals surface area (Å²) in [5, 5.41) is 13.0. The van der Waals surface area contributed by atoms with Crippen LogP contribution in [0.25, 0.3) is 0 Å². The minimum atomic E-state index is -1.19. The highest BCUT2D eigenvalue weighted by molar-refractivity contribution is 9.10. The first-order valence-electron chi connectivity index (χ1n) is 5.93. The van der Waals surface area contributed by atoms with Crippen molar-refractivity contribution in [1.82, 2.24) is 10.2 Å². The van der Waals surface area contributed by atoms with Gasteiger partial charge in [0.2, 0.25) is 0 Å². The van der Waals surface area contributed by atoms with Crippen molar-refractivity contribution in [2.75, 3.05) is 32.9 Å². The summed E-state index contributed by atoms with van der Waals surface area (Å²) in [6, 6.07) is -0.143. The summed E-state index contributed by atoms with van der Waals surface area (Å²) in [5.74, 6) is -2.74. The van der Waals surface area contributed by atoms with E-state index in [1.54, 1.807) is 4.90 Å². The standard InChI is InChI=1S/C12H14BrF3N2O/c13-7-5-8(15)11(16)10(12(7)19)9(6-14)18-3-1-17-2-4-18/h5,9,17,19H,1-4,6H2/t9-/m1/s1. The minimum Gasteiger partial charge on any atom is -0.506 e. The Morgan fingerprint density at radius 2 is 2.00 bits per heavy atom. The lowest BCUT2D eigenvalue weighted by Crippen LogP contribution is -2.46. The molecular weight excluding hydrogens is 325 g/mol. The first kappa shape index (κ1) is 14.6. The van der Waals surface area contributed by atoms with Gasteiger partial charge in [0, 0.05) is 26.2 Å². The Morgan fingerprint density at radius 3 is 2.58 bits per heavy atom. The molecule has 0 unspecified atom stereocenters. The molecule has 106 valence electrons. The fourth-order valence-corrected chi connectivity index (χ4v) is 2.67. The zero-order valence-electron chi connectivity index (χ0n) is 10.1. The third kappa shape index (κ3) is 2.88. The number of rotatable bonds is 3. The molecule has 0 aliphatic carbocycles. The number of phenolic OH excluding ortho intramolecular Hbond substituents is 1. The van der Waals surface area contributed by atoms with E-state index in [1.807, 2.05) is 0 Å². The number of piperazine rings is 1. The molecule has 1 fully saturated rings. The summed E-state index contributed by atoms with van der Waals surface area (Å²) >= 11 is 2.94. The highest BCUT2D eigenvalue weighted by atomic mass is 79.9. The second-order valence-electron chi connectivity index (χ2n) is 4.37. The highest BCUT2D eigenvalue weighted by Gasteiger charge is 2.30. The van der Waals surface area contributed by atoms with E-state index in [-0.39, 0.29) is 10.0 Å². The number of halogens is 4. The van der Waals surface area contributed by atoms with Crippen molar-refractivity contribution in [3.63, 3.8) is 0 Å². The van der Waals surface area contributed by atoms with Crippen LogP contribution in [0, 0.1) is 11.6 Å². The van der Waals surface area contributed by atoms with Gasteiger partial charge in [0.1, 0.15) is 12.4 Å². The number of benzene rings is 1. The van der Waals surface area contributed by atoms with Gasteiger partial charge in [-0.25, -0.2) is 13.2 Å². The van der Waals surface area contributed by atoms with Crippen LogP contribution in [0.3, 0.4) is 0 Å². The predicted octanol–water partition coefficient (Wildman–Crippen LogP) is 2.35. The molecule has 1 atom stereocenters. The maximum Gasteiger partial charge on any atom is 0.167 e. The van der Waals surface area contributed by atoms with Crippen LogP contribution in [-0.2, 0) is 0 Å². The van der Waals surface area contributed by atoms with Crippen molar-refractivity contribution in [1.29, 1.82) is 0 Å². The van der Waals surface area contributed by atoms with Crippen LogP contribution in [0.1, 0.15) is 11.6 Å². The van der Waals surface area contributed by atoms with E-state index in [9.17, 15) is 18.3 Å². The van der Waals surface area contributed by atoms with Gasteiger partial charge in [-0.1, -0.05) is 0 Å². The van der Waals surface area contributed by atoms with Crippen LogP contribution in [0.5, 0.6) is 5.75 Å². The second-order valence-corrected chi connectivity index (χ2v) is 5.23. The molecule has 7 heteroatoms. The van der Waals surface area contributed by atoms with Crippen molar-refractivity contribution in [3.05, 3.63) is 27.7 Å². The summed E-state index contributed by atoms with van der Waals surface area (Å²) in [4.78, 5) is 1.69. The van der Waals surface area contributed by atoms with Gasteiger partial charge in [-0.2, -0.15) is 0 Å². The van der Waals surface area contributed by atoms with E-state index >= 15 is 0 Å². The molecule has 3 nitrogen and oxygen atoms in total. The Kier molecular flexibility index (Phi) is 4.70. The van der Waals surface area contributed by atoms with Crippen LogP contribution < -0.4 is 5.32 Å². The fraction of sp³-hybridized carbons (Fsp3) is 0.500. The summed E-state index contributed by atoms with van der Waals surface area (Å²) in [5.41, 5.74) is -0.323. The maximum absolute atomic E-state index is 13.9. The Balaban J connectivity index is 2.42. The number of phenols is 1. The molecule has 19 heavy (non-hydrogen) atoms. The van der Waals surface area contributed by atoms with Gasteiger partial charge < -0.3 is 10.4 Å². The molecule has 0 spiro atoms. The molecule has 0 radical (unpaired) electrons. The molecule has 0 bridgehead atoms. The summed E-state index contributed by atoms with van der Waals surface area (Å²) in [7, 11) is 0. The molecule has 1 saturated heterocycles. The van der Waals surface area contributed by atoms with E-state index in [4.69, 9.17) is 0 Å².